The third-order valence-electron chi connectivity index (χ3n) is 3.72. The number of hydrogen-bond donors (Lipinski definition) is 1. The third kappa shape index (κ3) is 4.33. The molecule has 0 unspecified atom stereocenters. The molecule has 3 aromatic rings. The number of carbonyl (C=O) groups is 1. The van der Waals surface area contributed by atoms with Gasteiger partial charge in [-0.15, -0.1) is 0 Å². The molecule has 3 rings (SSSR count). The van der Waals surface area contributed by atoms with Gasteiger partial charge in [0, 0.05) is 17.3 Å². The molecular formula is C18H16F3N3O2. The zero-order valence-corrected chi connectivity index (χ0v) is 13.9. The van der Waals surface area contributed by atoms with Gasteiger partial charge in [-0.3, -0.25) is 4.79 Å². The number of halogens is 3. The molecule has 0 aliphatic heterocycles. The van der Waals surface area contributed by atoms with Crippen LogP contribution in [0.15, 0.2) is 48.7 Å². The molecule has 0 bridgehead atoms. The van der Waals surface area contributed by atoms with Gasteiger partial charge in [-0.05, 0) is 30.5 Å². The van der Waals surface area contributed by atoms with Crippen LogP contribution in [0.3, 0.4) is 0 Å². The van der Waals surface area contributed by atoms with E-state index < -0.39 is 12.8 Å². The van der Waals surface area contributed by atoms with E-state index in [2.05, 4.69) is 15.0 Å². The van der Waals surface area contributed by atoms with E-state index in [9.17, 15) is 18.0 Å². The molecule has 0 fully saturated rings. The maximum atomic E-state index is 12.3. The Morgan fingerprint density at radius 1 is 1.23 bits per heavy atom. The number of amides is 1. The summed E-state index contributed by atoms with van der Waals surface area (Å²) < 4.78 is 42.7. The normalized spacial score (nSPS) is 11.5. The van der Waals surface area contributed by atoms with Crippen LogP contribution >= 0.6 is 0 Å². The molecule has 0 aliphatic rings. The number of nitrogens with zero attached hydrogens (tertiary/aromatic N) is 2. The molecular weight excluding hydrogens is 347 g/mol. The summed E-state index contributed by atoms with van der Waals surface area (Å²) in [4.78, 5) is 16.0. The molecule has 0 atom stereocenters. The lowest BCUT2D eigenvalue weighted by atomic mass is 10.2. The molecule has 2 aromatic heterocycles. The fourth-order valence-electron chi connectivity index (χ4n) is 2.60. The lowest BCUT2D eigenvalue weighted by Gasteiger charge is -2.10. The van der Waals surface area contributed by atoms with E-state index in [4.69, 9.17) is 0 Å². The zero-order chi connectivity index (χ0) is 18.7. The van der Waals surface area contributed by atoms with Crippen molar-refractivity contribution in [3.8, 4) is 5.88 Å². The van der Waals surface area contributed by atoms with E-state index in [0.29, 0.717) is 5.69 Å². The van der Waals surface area contributed by atoms with Gasteiger partial charge in [-0.1, -0.05) is 18.2 Å². The molecule has 26 heavy (non-hydrogen) atoms. The van der Waals surface area contributed by atoms with Crippen LogP contribution in [0.25, 0.3) is 10.9 Å². The number of carbonyl (C=O) groups excluding carboxylic acids is 1. The average molecular weight is 363 g/mol. The van der Waals surface area contributed by atoms with Crippen molar-refractivity contribution >= 4 is 22.5 Å². The third-order valence-corrected chi connectivity index (χ3v) is 3.72. The summed E-state index contributed by atoms with van der Waals surface area (Å²) in [6, 6.07) is 12.5. The number of hydrogen-bond acceptors (Lipinski definition) is 3. The standard InChI is InChI=1S/C18H16F3N3O2/c1-12-8-13-4-2-3-5-15(13)24(12)10-16(25)23-14-6-7-17(22-9-14)26-11-18(19,20)21/h2-9H,10-11H2,1H3,(H,23,25). The van der Waals surface area contributed by atoms with Gasteiger partial charge >= 0.3 is 6.18 Å². The van der Waals surface area contributed by atoms with Crippen molar-refractivity contribution in [2.24, 2.45) is 0 Å². The van der Waals surface area contributed by atoms with E-state index in [1.807, 2.05) is 41.8 Å². The lowest BCUT2D eigenvalue weighted by Crippen LogP contribution is -2.20. The summed E-state index contributed by atoms with van der Waals surface area (Å²) >= 11 is 0. The van der Waals surface area contributed by atoms with Crippen molar-refractivity contribution in [2.45, 2.75) is 19.6 Å². The predicted molar refractivity (Wildman–Crippen MR) is 91.1 cm³/mol. The maximum Gasteiger partial charge on any atom is 0.422 e. The highest BCUT2D eigenvalue weighted by atomic mass is 19.4. The van der Waals surface area contributed by atoms with E-state index >= 15 is 0 Å². The molecule has 136 valence electrons. The van der Waals surface area contributed by atoms with Crippen LogP contribution in [-0.4, -0.2) is 28.2 Å². The highest BCUT2D eigenvalue weighted by molar-refractivity contribution is 5.92. The van der Waals surface area contributed by atoms with E-state index in [0.717, 1.165) is 16.6 Å². The minimum atomic E-state index is -4.42. The average Bonchev–Trinajstić information content (AvgIpc) is 2.89. The van der Waals surface area contributed by atoms with Crippen LogP contribution in [0.5, 0.6) is 5.88 Å². The highest BCUT2D eigenvalue weighted by Gasteiger charge is 2.28. The molecule has 1 amide bonds. The Labute approximate surface area is 147 Å². The van der Waals surface area contributed by atoms with E-state index in [-0.39, 0.29) is 18.3 Å². The first-order valence-electron chi connectivity index (χ1n) is 7.82. The molecule has 0 saturated heterocycles. The van der Waals surface area contributed by atoms with Crippen molar-refractivity contribution < 1.29 is 22.7 Å². The predicted octanol–water partition coefficient (Wildman–Crippen LogP) is 3.92. The molecule has 1 aromatic carbocycles. The van der Waals surface area contributed by atoms with E-state index in [1.165, 1.54) is 18.3 Å². The number of fused-ring (bicyclic) bond motifs is 1. The van der Waals surface area contributed by atoms with Gasteiger partial charge in [0.15, 0.2) is 6.61 Å². The van der Waals surface area contributed by atoms with Gasteiger partial charge in [0.25, 0.3) is 0 Å². The second-order valence-electron chi connectivity index (χ2n) is 5.77. The van der Waals surface area contributed by atoms with Gasteiger partial charge in [0.05, 0.1) is 11.9 Å². The van der Waals surface area contributed by atoms with Crippen molar-refractivity contribution in [1.29, 1.82) is 0 Å². The van der Waals surface area contributed by atoms with Crippen molar-refractivity contribution in [2.75, 3.05) is 11.9 Å². The topological polar surface area (TPSA) is 56.2 Å². The quantitative estimate of drug-likeness (QED) is 0.747. The number of aromatic nitrogens is 2. The number of ether oxygens (including phenoxy) is 1. The Morgan fingerprint density at radius 2 is 2.00 bits per heavy atom. The molecule has 8 heteroatoms. The van der Waals surface area contributed by atoms with E-state index in [1.54, 1.807) is 0 Å². The van der Waals surface area contributed by atoms with Crippen LogP contribution in [0.1, 0.15) is 5.69 Å². The summed E-state index contributed by atoms with van der Waals surface area (Å²) in [7, 11) is 0. The number of benzene rings is 1. The molecule has 0 spiro atoms. The highest BCUT2D eigenvalue weighted by Crippen LogP contribution is 2.20. The Bertz CT molecular complexity index is 918. The largest absolute Gasteiger partial charge is 0.468 e. The van der Waals surface area contributed by atoms with Crippen LogP contribution in [0.4, 0.5) is 18.9 Å². The van der Waals surface area contributed by atoms with Gasteiger partial charge < -0.3 is 14.6 Å². The first-order valence-corrected chi connectivity index (χ1v) is 7.82. The number of alkyl halides is 3. The van der Waals surface area contributed by atoms with Crippen molar-refractivity contribution in [3.63, 3.8) is 0 Å². The van der Waals surface area contributed by atoms with Gasteiger partial charge in [0.1, 0.15) is 6.54 Å². The molecule has 0 radical (unpaired) electrons. The Balaban J connectivity index is 1.63. The van der Waals surface area contributed by atoms with Crippen LogP contribution in [0, 0.1) is 6.92 Å². The zero-order valence-electron chi connectivity index (χ0n) is 13.9. The smallest absolute Gasteiger partial charge is 0.422 e. The molecule has 1 N–H and O–H groups in total. The number of anilines is 1. The Kier molecular flexibility index (Phi) is 4.83. The first-order chi connectivity index (χ1) is 12.3. The monoisotopic (exact) mass is 363 g/mol. The Hall–Kier alpha value is -3.03. The SMILES string of the molecule is Cc1cc2ccccc2n1CC(=O)Nc1ccc(OCC(F)(F)F)nc1. The van der Waals surface area contributed by atoms with Gasteiger partial charge in [-0.25, -0.2) is 4.98 Å². The van der Waals surface area contributed by atoms with Crippen molar-refractivity contribution in [3.05, 3.63) is 54.4 Å². The van der Waals surface area contributed by atoms with Crippen LogP contribution < -0.4 is 10.1 Å². The number of aryl methyl sites for hydroxylation is 1. The van der Waals surface area contributed by atoms with Crippen LogP contribution in [0.2, 0.25) is 0 Å². The summed E-state index contributed by atoms with van der Waals surface area (Å²) in [5, 5.41) is 3.72. The van der Waals surface area contributed by atoms with Gasteiger partial charge in [-0.2, -0.15) is 13.2 Å². The second kappa shape index (κ2) is 7.07. The number of para-hydroxylation sites is 1. The molecule has 0 aliphatic carbocycles. The molecule has 0 saturated carbocycles. The minimum Gasteiger partial charge on any atom is -0.468 e. The number of nitrogens with one attached hydrogen (secondary N) is 1. The van der Waals surface area contributed by atoms with Crippen LogP contribution in [-0.2, 0) is 11.3 Å². The van der Waals surface area contributed by atoms with Gasteiger partial charge in [0.2, 0.25) is 11.8 Å². The molecule has 2 heterocycles. The fraction of sp³-hybridized carbons (Fsp3) is 0.222. The summed E-state index contributed by atoms with van der Waals surface area (Å²) in [5.41, 5.74) is 2.29. The fourth-order valence-corrected chi connectivity index (χ4v) is 2.60. The first kappa shape index (κ1) is 17.8. The number of pyridine rings is 1. The minimum absolute atomic E-state index is 0.117. The Morgan fingerprint density at radius 3 is 2.69 bits per heavy atom. The lowest BCUT2D eigenvalue weighted by molar-refractivity contribution is -0.154. The molecule has 5 nitrogen and oxygen atoms in total. The van der Waals surface area contributed by atoms with Crippen molar-refractivity contribution in [1.82, 2.24) is 9.55 Å². The summed E-state index contributed by atoms with van der Waals surface area (Å²) in [5.74, 6) is -0.423. The maximum absolute atomic E-state index is 12.3. The number of rotatable bonds is 5. The summed E-state index contributed by atoms with van der Waals surface area (Å²) in [6.07, 6.45) is -3.17. The summed E-state index contributed by atoms with van der Waals surface area (Å²) in [6.45, 7) is 0.624. The second-order valence-corrected chi connectivity index (χ2v) is 5.77.